The highest BCUT2D eigenvalue weighted by Crippen LogP contribution is 2.40. The average molecular weight is 488 g/mol. The molecule has 1 saturated heterocycles. The number of fused-ring (bicyclic) bond motifs is 1. The smallest absolute Gasteiger partial charge is 0.159 e. The monoisotopic (exact) mass is 487 g/mol. The van der Waals surface area contributed by atoms with Gasteiger partial charge in [-0.3, -0.25) is 0 Å². The van der Waals surface area contributed by atoms with Gasteiger partial charge in [-0.15, -0.1) is 0 Å². The van der Waals surface area contributed by atoms with Crippen molar-refractivity contribution in [2.24, 2.45) is 17.8 Å². The maximum absolute atomic E-state index is 7.17. The zero-order valence-corrected chi connectivity index (χ0v) is 23.9. The molecule has 2 aliphatic rings. The van der Waals surface area contributed by atoms with E-state index in [1.807, 2.05) is 0 Å². The van der Waals surface area contributed by atoms with Crippen molar-refractivity contribution in [2.75, 3.05) is 18.1 Å². The molecule has 1 aromatic rings. The molecule has 4 nitrogen and oxygen atoms in total. The van der Waals surface area contributed by atoms with Gasteiger partial charge in [0.1, 0.15) is 12.2 Å². The number of rotatable bonds is 14. The fourth-order valence-electron chi connectivity index (χ4n) is 6.48. The summed E-state index contributed by atoms with van der Waals surface area (Å²) in [6.45, 7) is 20.2. The van der Waals surface area contributed by atoms with Crippen molar-refractivity contribution in [3.05, 3.63) is 29.3 Å². The molecule has 0 saturated carbocycles. The second-order valence-corrected chi connectivity index (χ2v) is 11.5. The highest BCUT2D eigenvalue weighted by molar-refractivity contribution is 5.61. The lowest BCUT2D eigenvalue weighted by Gasteiger charge is -2.38. The number of unbranched alkanes of at least 4 members (excludes halogenated alkanes) is 2. The molecular weight excluding hydrogens is 434 g/mol. The molecule has 3 rings (SSSR count). The molecule has 0 aromatic heterocycles. The number of hydrogen-bond donors (Lipinski definition) is 0. The largest absolute Gasteiger partial charge is 0.371 e. The molecule has 0 bridgehead atoms. The van der Waals surface area contributed by atoms with Gasteiger partial charge in [-0.1, -0.05) is 79.9 Å². The third-order valence-corrected chi connectivity index (χ3v) is 8.24. The molecule has 2 heterocycles. The molecule has 200 valence electrons. The first-order valence-electron chi connectivity index (χ1n) is 14.6. The maximum atomic E-state index is 7.17. The number of anilines is 1. The van der Waals surface area contributed by atoms with Crippen LogP contribution in [0, 0.1) is 24.7 Å². The highest BCUT2D eigenvalue weighted by Gasteiger charge is 2.50. The van der Waals surface area contributed by atoms with Crippen molar-refractivity contribution in [1.82, 2.24) is 0 Å². The van der Waals surface area contributed by atoms with Crippen LogP contribution >= 0.6 is 0 Å². The minimum absolute atomic E-state index is 0.0300. The maximum Gasteiger partial charge on any atom is 0.159 e. The van der Waals surface area contributed by atoms with E-state index in [1.54, 1.807) is 0 Å². The Morgan fingerprint density at radius 3 is 2.34 bits per heavy atom. The summed E-state index contributed by atoms with van der Waals surface area (Å²) in [5.74, 6) is 1.70. The van der Waals surface area contributed by atoms with Gasteiger partial charge in [0.15, 0.2) is 6.23 Å². The van der Waals surface area contributed by atoms with Crippen LogP contribution in [-0.4, -0.2) is 43.8 Å². The molecule has 35 heavy (non-hydrogen) atoms. The quantitative estimate of drug-likeness (QED) is 0.253. The Bertz CT molecular complexity index is 756. The van der Waals surface area contributed by atoms with Crippen LogP contribution in [0.15, 0.2) is 18.2 Å². The lowest BCUT2D eigenvalue weighted by molar-refractivity contribution is -0.127. The fourth-order valence-corrected chi connectivity index (χ4v) is 6.48. The van der Waals surface area contributed by atoms with E-state index < -0.39 is 0 Å². The first-order valence-corrected chi connectivity index (χ1v) is 14.6. The molecule has 1 fully saturated rings. The van der Waals surface area contributed by atoms with Crippen LogP contribution in [0.5, 0.6) is 0 Å². The second kappa shape index (κ2) is 13.4. The van der Waals surface area contributed by atoms with E-state index in [4.69, 9.17) is 14.2 Å². The summed E-state index contributed by atoms with van der Waals surface area (Å²) in [7, 11) is 0. The van der Waals surface area contributed by atoms with Crippen molar-refractivity contribution in [2.45, 2.75) is 131 Å². The topological polar surface area (TPSA) is 30.9 Å². The number of benzene rings is 1. The van der Waals surface area contributed by atoms with Crippen LogP contribution in [0.2, 0.25) is 0 Å². The van der Waals surface area contributed by atoms with Crippen molar-refractivity contribution in [3.8, 4) is 0 Å². The minimum Gasteiger partial charge on any atom is -0.371 e. The van der Waals surface area contributed by atoms with Gasteiger partial charge >= 0.3 is 0 Å². The second-order valence-electron chi connectivity index (χ2n) is 11.5. The van der Waals surface area contributed by atoms with Gasteiger partial charge in [0.05, 0.1) is 12.2 Å². The molecule has 2 unspecified atom stereocenters. The zero-order valence-electron chi connectivity index (χ0n) is 23.9. The summed E-state index contributed by atoms with van der Waals surface area (Å²) in [6, 6.07) is 6.66. The highest BCUT2D eigenvalue weighted by atomic mass is 16.6. The summed E-state index contributed by atoms with van der Waals surface area (Å²) in [5, 5.41) is 0. The molecule has 0 amide bonds. The van der Waals surface area contributed by atoms with Gasteiger partial charge in [-0.25, -0.2) is 0 Å². The van der Waals surface area contributed by atoms with Gasteiger partial charge in [0.25, 0.3) is 0 Å². The molecule has 0 aliphatic carbocycles. The molecule has 0 spiro atoms. The average Bonchev–Trinajstić information content (AvgIpc) is 3.39. The number of hydrogen-bond acceptors (Lipinski definition) is 4. The number of nitrogens with zero attached hydrogens (tertiary/aromatic N) is 1. The Balaban J connectivity index is 1.91. The third-order valence-electron chi connectivity index (χ3n) is 8.24. The standard InChI is InChI=1S/C31H53NO3/c1-9-12-17-27(28(21(4)5)22(6)7)34-29-26(11-3)35-31(30(29)33-20-13-10-2)32-19-18-24-23(8)15-14-16-25(24)32/h14-16,21-22,26-31H,9-13,17-20H2,1-8H3/t26-,27?,29+,30?,31-/m1/s1. The van der Waals surface area contributed by atoms with E-state index in [-0.39, 0.29) is 30.6 Å². The van der Waals surface area contributed by atoms with E-state index in [0.29, 0.717) is 17.8 Å². The summed E-state index contributed by atoms with van der Waals surface area (Å²) in [4.78, 5) is 2.47. The Morgan fingerprint density at radius 1 is 1.00 bits per heavy atom. The van der Waals surface area contributed by atoms with Crippen LogP contribution in [0.25, 0.3) is 0 Å². The van der Waals surface area contributed by atoms with Crippen LogP contribution in [-0.2, 0) is 20.6 Å². The Morgan fingerprint density at radius 2 is 1.71 bits per heavy atom. The first-order chi connectivity index (χ1) is 16.8. The molecule has 0 N–H and O–H groups in total. The van der Waals surface area contributed by atoms with E-state index in [2.05, 4.69) is 78.5 Å². The predicted molar refractivity (Wildman–Crippen MR) is 147 cm³/mol. The van der Waals surface area contributed by atoms with E-state index in [1.165, 1.54) is 29.7 Å². The van der Waals surface area contributed by atoms with Gasteiger partial charge in [0, 0.05) is 18.8 Å². The van der Waals surface area contributed by atoms with E-state index in [9.17, 15) is 0 Å². The Labute approximate surface area is 216 Å². The van der Waals surface area contributed by atoms with Gasteiger partial charge < -0.3 is 19.1 Å². The molecule has 5 atom stereocenters. The van der Waals surface area contributed by atoms with Crippen LogP contribution in [0.4, 0.5) is 5.69 Å². The minimum atomic E-state index is -0.0896. The summed E-state index contributed by atoms with van der Waals surface area (Å²) in [6.07, 6.45) is 7.85. The summed E-state index contributed by atoms with van der Waals surface area (Å²) < 4.78 is 20.7. The van der Waals surface area contributed by atoms with Crippen molar-refractivity contribution < 1.29 is 14.2 Å². The van der Waals surface area contributed by atoms with Crippen LogP contribution in [0.3, 0.4) is 0 Å². The Kier molecular flexibility index (Phi) is 10.9. The normalized spacial score (nSPS) is 25.3. The van der Waals surface area contributed by atoms with Gasteiger partial charge in [-0.05, 0) is 67.6 Å². The third kappa shape index (κ3) is 6.62. The number of ether oxygens (including phenoxy) is 3. The first kappa shape index (κ1) is 28.5. The lowest BCUT2D eigenvalue weighted by Crippen LogP contribution is -2.48. The predicted octanol–water partition coefficient (Wildman–Crippen LogP) is 7.55. The van der Waals surface area contributed by atoms with Crippen LogP contribution < -0.4 is 4.90 Å². The summed E-state index contributed by atoms with van der Waals surface area (Å²) >= 11 is 0. The van der Waals surface area contributed by atoms with Crippen molar-refractivity contribution in [1.29, 1.82) is 0 Å². The molecule has 0 radical (unpaired) electrons. The molecule has 4 heteroatoms. The van der Waals surface area contributed by atoms with E-state index in [0.717, 1.165) is 45.3 Å². The molecular formula is C31H53NO3. The number of aryl methyl sites for hydroxylation is 1. The fraction of sp³-hybridized carbons (Fsp3) is 0.806. The van der Waals surface area contributed by atoms with Crippen molar-refractivity contribution >= 4 is 5.69 Å². The SMILES string of the molecule is CCCCOC1[C@@H](OC(CCCC)C(C(C)C)C(C)C)[C@@H](CC)O[C@H]1N1CCc2c(C)cccc21. The van der Waals surface area contributed by atoms with Gasteiger partial charge in [-0.2, -0.15) is 0 Å². The molecule has 2 aliphatic heterocycles. The lowest BCUT2D eigenvalue weighted by atomic mass is 9.79. The van der Waals surface area contributed by atoms with E-state index >= 15 is 0 Å². The molecule has 1 aromatic carbocycles. The zero-order chi connectivity index (χ0) is 25.5. The van der Waals surface area contributed by atoms with Crippen LogP contribution in [0.1, 0.15) is 98.1 Å². The van der Waals surface area contributed by atoms with Crippen molar-refractivity contribution in [3.63, 3.8) is 0 Å². The van der Waals surface area contributed by atoms with Gasteiger partial charge in [0.2, 0.25) is 0 Å². The Hall–Kier alpha value is -1.10. The summed E-state index contributed by atoms with van der Waals surface area (Å²) in [5.41, 5.74) is 4.16.